The van der Waals surface area contributed by atoms with Crippen LogP contribution in [0.25, 0.3) is 5.57 Å². The molecule has 0 saturated carbocycles. The number of nitrogens with one attached hydrogen (secondary N) is 1. The first-order valence-corrected chi connectivity index (χ1v) is 5.70. The molecular weight excluding hydrogens is 258 g/mol. The number of alkyl halides is 1. The maximum Gasteiger partial charge on any atom is 0.275 e. The average Bonchev–Trinajstić information content (AvgIpc) is 2.29. The van der Waals surface area contributed by atoms with Crippen molar-refractivity contribution in [2.75, 3.05) is 11.9 Å². The molecule has 0 radical (unpaired) electrons. The van der Waals surface area contributed by atoms with Gasteiger partial charge in [-0.15, -0.1) is 0 Å². The van der Waals surface area contributed by atoms with Gasteiger partial charge in [0, 0.05) is 5.33 Å². The molecule has 1 aromatic rings. The van der Waals surface area contributed by atoms with Crippen molar-refractivity contribution in [3.05, 3.63) is 41.5 Å². The van der Waals surface area contributed by atoms with E-state index in [4.69, 9.17) is 4.84 Å². The Morgan fingerprint density at radius 1 is 1.33 bits per heavy atom. The lowest BCUT2D eigenvalue weighted by Crippen LogP contribution is -2.32. The van der Waals surface area contributed by atoms with Gasteiger partial charge in [0.05, 0.1) is 12.2 Å². The van der Waals surface area contributed by atoms with Crippen molar-refractivity contribution >= 4 is 27.4 Å². The van der Waals surface area contributed by atoms with Crippen molar-refractivity contribution in [1.29, 1.82) is 0 Å². The topological polar surface area (TPSA) is 38.3 Å². The Morgan fingerprint density at radius 3 is 2.73 bits per heavy atom. The van der Waals surface area contributed by atoms with Crippen LogP contribution in [-0.4, -0.2) is 17.8 Å². The second-order valence-electron chi connectivity index (χ2n) is 3.20. The maximum atomic E-state index is 11.6. The molecule has 1 amide bonds. The van der Waals surface area contributed by atoms with Gasteiger partial charge in [0.15, 0.2) is 0 Å². The molecule has 1 heterocycles. The molecule has 3 nitrogen and oxygen atoms in total. The Kier molecular flexibility index (Phi) is 3.18. The van der Waals surface area contributed by atoms with Gasteiger partial charge >= 0.3 is 0 Å². The zero-order chi connectivity index (χ0) is 10.7. The Morgan fingerprint density at radius 2 is 2.07 bits per heavy atom. The highest BCUT2D eigenvalue weighted by molar-refractivity contribution is 9.09. The third-order valence-electron chi connectivity index (χ3n) is 2.22. The van der Waals surface area contributed by atoms with Crippen molar-refractivity contribution in [3.63, 3.8) is 0 Å². The van der Waals surface area contributed by atoms with Gasteiger partial charge in [-0.1, -0.05) is 46.3 Å². The van der Waals surface area contributed by atoms with Gasteiger partial charge in [-0.25, -0.2) is 5.48 Å². The second-order valence-corrected chi connectivity index (χ2v) is 3.76. The summed E-state index contributed by atoms with van der Waals surface area (Å²) in [6.07, 6.45) is 0. The Hall–Kier alpha value is -1.13. The summed E-state index contributed by atoms with van der Waals surface area (Å²) in [5.41, 5.74) is 4.97. The molecule has 0 bridgehead atoms. The van der Waals surface area contributed by atoms with E-state index in [0.29, 0.717) is 17.5 Å². The first-order valence-electron chi connectivity index (χ1n) is 4.58. The zero-order valence-electron chi connectivity index (χ0n) is 8.00. The molecule has 0 atom stereocenters. The van der Waals surface area contributed by atoms with E-state index < -0.39 is 0 Å². The molecule has 15 heavy (non-hydrogen) atoms. The van der Waals surface area contributed by atoms with E-state index >= 15 is 0 Å². The Balaban J connectivity index is 2.47. The van der Waals surface area contributed by atoms with Crippen LogP contribution < -0.4 is 5.48 Å². The van der Waals surface area contributed by atoms with E-state index in [0.717, 1.165) is 11.1 Å². The van der Waals surface area contributed by atoms with Crippen molar-refractivity contribution in [2.45, 2.75) is 0 Å². The number of carbonyl (C=O) groups is 1. The number of benzene rings is 1. The second kappa shape index (κ2) is 4.59. The monoisotopic (exact) mass is 267 g/mol. The van der Waals surface area contributed by atoms with Gasteiger partial charge in [0.25, 0.3) is 5.91 Å². The summed E-state index contributed by atoms with van der Waals surface area (Å²) in [6, 6.07) is 9.59. The Labute approximate surface area is 96.2 Å². The normalized spacial score (nSPS) is 16.5. The van der Waals surface area contributed by atoms with Crippen molar-refractivity contribution in [3.8, 4) is 0 Å². The molecule has 0 saturated heterocycles. The third-order valence-corrected chi connectivity index (χ3v) is 2.89. The number of halogens is 1. The van der Waals surface area contributed by atoms with Crippen molar-refractivity contribution in [1.82, 2.24) is 5.48 Å². The fourth-order valence-electron chi connectivity index (χ4n) is 1.52. The van der Waals surface area contributed by atoms with E-state index in [1.165, 1.54) is 0 Å². The molecule has 1 aliphatic rings. The van der Waals surface area contributed by atoms with Gasteiger partial charge in [-0.05, 0) is 11.1 Å². The summed E-state index contributed by atoms with van der Waals surface area (Å²) in [4.78, 5) is 16.6. The summed E-state index contributed by atoms with van der Waals surface area (Å²) >= 11 is 3.36. The van der Waals surface area contributed by atoms with E-state index in [9.17, 15) is 4.79 Å². The van der Waals surface area contributed by atoms with E-state index in [1.54, 1.807) is 0 Å². The SMILES string of the molecule is O=C1NOCC(CBr)=C1c1ccccc1. The minimum Gasteiger partial charge on any atom is -0.269 e. The minimum atomic E-state index is -0.179. The van der Waals surface area contributed by atoms with E-state index in [1.807, 2.05) is 30.3 Å². The minimum absolute atomic E-state index is 0.179. The summed E-state index contributed by atoms with van der Waals surface area (Å²) in [6.45, 7) is 0.432. The van der Waals surface area contributed by atoms with Crippen LogP contribution in [0.15, 0.2) is 35.9 Å². The molecule has 0 fully saturated rings. The molecule has 0 aromatic heterocycles. The van der Waals surface area contributed by atoms with Crippen LogP contribution in [0.4, 0.5) is 0 Å². The lowest BCUT2D eigenvalue weighted by Gasteiger charge is -2.19. The van der Waals surface area contributed by atoms with Crippen LogP contribution in [-0.2, 0) is 9.63 Å². The third kappa shape index (κ3) is 2.11. The van der Waals surface area contributed by atoms with Crippen LogP contribution in [0.1, 0.15) is 5.56 Å². The molecule has 2 rings (SSSR count). The van der Waals surface area contributed by atoms with Crippen molar-refractivity contribution in [2.24, 2.45) is 0 Å². The number of hydrogen-bond acceptors (Lipinski definition) is 2. The molecular formula is C11H10BrNO2. The number of hydroxylamine groups is 1. The quantitative estimate of drug-likeness (QED) is 0.832. The first kappa shape index (κ1) is 10.4. The highest BCUT2D eigenvalue weighted by Crippen LogP contribution is 2.22. The molecule has 78 valence electrons. The molecule has 1 N–H and O–H groups in total. The molecule has 4 heteroatoms. The van der Waals surface area contributed by atoms with Gasteiger partial charge in [-0.3, -0.25) is 9.63 Å². The van der Waals surface area contributed by atoms with Gasteiger partial charge in [-0.2, -0.15) is 0 Å². The lowest BCUT2D eigenvalue weighted by atomic mass is 10.00. The van der Waals surface area contributed by atoms with E-state index in [-0.39, 0.29) is 5.91 Å². The predicted octanol–water partition coefficient (Wildman–Crippen LogP) is 1.90. The van der Waals surface area contributed by atoms with Gasteiger partial charge in [0.2, 0.25) is 0 Å². The largest absolute Gasteiger partial charge is 0.275 e. The highest BCUT2D eigenvalue weighted by atomic mass is 79.9. The summed E-state index contributed by atoms with van der Waals surface area (Å²) in [5.74, 6) is -0.179. The highest BCUT2D eigenvalue weighted by Gasteiger charge is 2.21. The lowest BCUT2D eigenvalue weighted by molar-refractivity contribution is -0.128. The summed E-state index contributed by atoms with van der Waals surface area (Å²) < 4.78 is 0. The van der Waals surface area contributed by atoms with Crippen LogP contribution >= 0.6 is 15.9 Å². The van der Waals surface area contributed by atoms with Gasteiger partial charge in [0.1, 0.15) is 0 Å². The maximum absolute atomic E-state index is 11.6. The molecule has 0 spiro atoms. The molecule has 0 aliphatic carbocycles. The van der Waals surface area contributed by atoms with Crippen LogP contribution in [0.3, 0.4) is 0 Å². The summed E-state index contributed by atoms with van der Waals surface area (Å²) in [5, 5.41) is 0.643. The first-order chi connectivity index (χ1) is 7.33. The Bertz CT molecular complexity index is 400. The van der Waals surface area contributed by atoms with Crippen LogP contribution in [0, 0.1) is 0 Å². The standard InChI is InChI=1S/C11H10BrNO2/c12-6-9-7-15-13-11(14)10(9)8-4-2-1-3-5-8/h1-5H,6-7H2,(H,13,14). The number of carbonyl (C=O) groups excluding carboxylic acids is 1. The molecule has 1 aromatic carbocycles. The fraction of sp³-hybridized carbons (Fsp3) is 0.182. The number of amides is 1. The number of rotatable bonds is 2. The van der Waals surface area contributed by atoms with Crippen LogP contribution in [0.2, 0.25) is 0 Å². The molecule has 0 unspecified atom stereocenters. The molecule has 1 aliphatic heterocycles. The number of hydrogen-bond donors (Lipinski definition) is 1. The summed E-state index contributed by atoms with van der Waals surface area (Å²) in [7, 11) is 0. The van der Waals surface area contributed by atoms with E-state index in [2.05, 4.69) is 21.4 Å². The predicted molar refractivity (Wildman–Crippen MR) is 61.3 cm³/mol. The van der Waals surface area contributed by atoms with Crippen LogP contribution in [0.5, 0.6) is 0 Å². The van der Waals surface area contributed by atoms with Crippen molar-refractivity contribution < 1.29 is 9.63 Å². The fourth-order valence-corrected chi connectivity index (χ4v) is 1.96. The van der Waals surface area contributed by atoms with Gasteiger partial charge < -0.3 is 0 Å². The smallest absolute Gasteiger partial charge is 0.269 e. The average molecular weight is 268 g/mol. The zero-order valence-corrected chi connectivity index (χ0v) is 9.58.